The van der Waals surface area contributed by atoms with Crippen molar-refractivity contribution in [2.75, 3.05) is 23.8 Å². The molecule has 1 aliphatic heterocycles. The minimum Gasteiger partial charge on any atom is -0.382 e. The van der Waals surface area contributed by atoms with E-state index in [9.17, 15) is 4.79 Å². The molecule has 1 aliphatic rings. The van der Waals surface area contributed by atoms with Crippen molar-refractivity contribution in [1.29, 1.82) is 0 Å². The Hall–Kier alpha value is -2.33. The molecule has 0 radical (unpaired) electrons. The number of hydrogen-bond donors (Lipinski definition) is 2. The van der Waals surface area contributed by atoms with Crippen molar-refractivity contribution in [3.05, 3.63) is 59.7 Å². The van der Waals surface area contributed by atoms with Gasteiger partial charge < -0.3 is 15.4 Å². The van der Waals surface area contributed by atoms with Crippen LogP contribution in [0.5, 0.6) is 0 Å². The average Bonchev–Trinajstić information content (AvgIpc) is 3.07. The van der Waals surface area contributed by atoms with E-state index in [1.54, 1.807) is 0 Å². The van der Waals surface area contributed by atoms with Crippen molar-refractivity contribution in [3.8, 4) is 0 Å². The fourth-order valence-electron chi connectivity index (χ4n) is 2.92. The molecule has 2 aromatic rings. The highest BCUT2D eigenvalue weighted by Crippen LogP contribution is 2.17. The van der Waals surface area contributed by atoms with Gasteiger partial charge in [-0.2, -0.15) is 0 Å². The number of ether oxygens (including phenoxy) is 1. The zero-order valence-electron chi connectivity index (χ0n) is 14.0. The summed E-state index contributed by atoms with van der Waals surface area (Å²) in [4.78, 5) is 12.1. The van der Waals surface area contributed by atoms with Crippen molar-refractivity contribution in [1.82, 2.24) is 0 Å². The first-order valence-corrected chi connectivity index (χ1v) is 8.50. The van der Waals surface area contributed by atoms with E-state index in [2.05, 4.69) is 10.6 Å². The monoisotopic (exact) mass is 324 g/mol. The summed E-state index contributed by atoms with van der Waals surface area (Å²) in [5.41, 5.74) is 4.06. The van der Waals surface area contributed by atoms with Gasteiger partial charge in [-0.3, -0.25) is 4.79 Å². The first-order valence-electron chi connectivity index (χ1n) is 8.50. The molecule has 0 bridgehead atoms. The molecular formula is C20H24N2O2. The Labute approximate surface area is 143 Å². The van der Waals surface area contributed by atoms with Crippen LogP contribution in [0.1, 0.15) is 24.0 Å². The van der Waals surface area contributed by atoms with Crippen LogP contribution in [0.4, 0.5) is 11.4 Å². The molecule has 1 atom stereocenters. The molecule has 4 heteroatoms. The van der Waals surface area contributed by atoms with Gasteiger partial charge in [0, 0.05) is 24.5 Å². The van der Waals surface area contributed by atoms with E-state index in [-0.39, 0.29) is 5.91 Å². The molecule has 0 spiro atoms. The Morgan fingerprint density at radius 2 is 1.96 bits per heavy atom. The van der Waals surface area contributed by atoms with Crippen LogP contribution in [0.3, 0.4) is 0 Å². The largest absolute Gasteiger partial charge is 0.382 e. The Bertz CT molecular complexity index is 676. The Balaban J connectivity index is 1.49. The lowest BCUT2D eigenvalue weighted by atomic mass is 10.1. The molecule has 1 unspecified atom stereocenters. The molecule has 2 aromatic carbocycles. The fourth-order valence-corrected chi connectivity index (χ4v) is 2.92. The molecule has 0 saturated carbocycles. The van der Waals surface area contributed by atoms with Crippen molar-refractivity contribution in [2.24, 2.45) is 0 Å². The highest BCUT2D eigenvalue weighted by molar-refractivity contribution is 5.92. The van der Waals surface area contributed by atoms with Crippen LogP contribution < -0.4 is 10.6 Å². The normalized spacial score (nSPS) is 16.8. The zero-order valence-corrected chi connectivity index (χ0v) is 14.0. The lowest BCUT2D eigenvalue weighted by molar-refractivity contribution is -0.115. The minimum absolute atomic E-state index is 0.000616. The molecule has 1 amide bonds. The van der Waals surface area contributed by atoms with E-state index < -0.39 is 0 Å². The second-order valence-corrected chi connectivity index (χ2v) is 6.31. The molecule has 1 saturated heterocycles. The lowest BCUT2D eigenvalue weighted by Crippen LogP contribution is -2.18. The van der Waals surface area contributed by atoms with Crippen LogP contribution in [0.2, 0.25) is 0 Å². The number of hydrogen-bond acceptors (Lipinski definition) is 3. The molecule has 1 fully saturated rings. The molecule has 4 nitrogen and oxygen atoms in total. The molecule has 3 rings (SSSR count). The Morgan fingerprint density at radius 3 is 2.67 bits per heavy atom. The van der Waals surface area contributed by atoms with Gasteiger partial charge in [-0.15, -0.1) is 0 Å². The van der Waals surface area contributed by atoms with E-state index in [4.69, 9.17) is 4.74 Å². The second kappa shape index (κ2) is 7.97. The van der Waals surface area contributed by atoms with Crippen LogP contribution in [0.25, 0.3) is 0 Å². The van der Waals surface area contributed by atoms with E-state index in [0.29, 0.717) is 12.5 Å². The topological polar surface area (TPSA) is 50.4 Å². The number of amides is 1. The van der Waals surface area contributed by atoms with Crippen molar-refractivity contribution >= 4 is 17.3 Å². The zero-order chi connectivity index (χ0) is 16.8. The summed E-state index contributed by atoms with van der Waals surface area (Å²) in [6, 6.07) is 15.8. The molecule has 24 heavy (non-hydrogen) atoms. The third-order valence-electron chi connectivity index (χ3n) is 4.17. The number of aryl methyl sites for hydroxylation is 1. The van der Waals surface area contributed by atoms with Crippen LogP contribution in [0.15, 0.2) is 48.5 Å². The van der Waals surface area contributed by atoms with Crippen LogP contribution in [0, 0.1) is 6.92 Å². The van der Waals surface area contributed by atoms with Gasteiger partial charge in [0.1, 0.15) is 0 Å². The summed E-state index contributed by atoms with van der Waals surface area (Å²) < 4.78 is 5.60. The number of nitrogens with one attached hydrogen (secondary N) is 2. The fraction of sp³-hybridized carbons (Fsp3) is 0.350. The van der Waals surface area contributed by atoms with Gasteiger partial charge >= 0.3 is 0 Å². The summed E-state index contributed by atoms with van der Waals surface area (Å²) in [7, 11) is 0. The summed E-state index contributed by atoms with van der Waals surface area (Å²) in [6.45, 7) is 3.74. The van der Waals surface area contributed by atoms with Crippen LogP contribution in [-0.4, -0.2) is 25.2 Å². The maximum atomic E-state index is 12.1. The smallest absolute Gasteiger partial charge is 0.228 e. The van der Waals surface area contributed by atoms with E-state index in [1.165, 1.54) is 5.56 Å². The summed E-state index contributed by atoms with van der Waals surface area (Å²) >= 11 is 0. The highest BCUT2D eigenvalue weighted by Gasteiger charge is 2.14. The maximum Gasteiger partial charge on any atom is 0.228 e. The van der Waals surface area contributed by atoms with Crippen molar-refractivity contribution in [2.45, 2.75) is 32.3 Å². The van der Waals surface area contributed by atoms with Gasteiger partial charge in [0.25, 0.3) is 0 Å². The average molecular weight is 324 g/mol. The van der Waals surface area contributed by atoms with Crippen molar-refractivity contribution < 1.29 is 9.53 Å². The SMILES string of the molecule is Cc1cccc(CC(=O)Nc2ccc(NCC3CCCO3)cc2)c1. The molecule has 2 N–H and O–H groups in total. The lowest BCUT2D eigenvalue weighted by Gasteiger charge is -2.12. The number of rotatable bonds is 6. The Morgan fingerprint density at radius 1 is 1.17 bits per heavy atom. The maximum absolute atomic E-state index is 12.1. The van der Waals surface area contributed by atoms with Crippen LogP contribution in [-0.2, 0) is 16.0 Å². The third-order valence-corrected chi connectivity index (χ3v) is 4.17. The standard InChI is InChI=1S/C20H24N2O2/c1-15-4-2-5-16(12-15)13-20(23)22-18-9-7-17(8-10-18)21-14-19-6-3-11-24-19/h2,4-5,7-10,12,19,21H,3,6,11,13-14H2,1H3,(H,22,23). The highest BCUT2D eigenvalue weighted by atomic mass is 16.5. The number of carbonyl (C=O) groups excluding carboxylic acids is 1. The molecular weight excluding hydrogens is 300 g/mol. The van der Waals surface area contributed by atoms with Crippen molar-refractivity contribution in [3.63, 3.8) is 0 Å². The quantitative estimate of drug-likeness (QED) is 0.850. The summed E-state index contributed by atoms with van der Waals surface area (Å²) in [6.07, 6.45) is 2.98. The van der Waals surface area contributed by atoms with E-state index in [0.717, 1.165) is 42.9 Å². The van der Waals surface area contributed by atoms with Gasteiger partial charge in [0.2, 0.25) is 5.91 Å². The predicted octanol–water partition coefficient (Wildman–Crippen LogP) is 3.77. The first-order chi connectivity index (χ1) is 11.7. The molecule has 1 heterocycles. The van der Waals surface area contributed by atoms with Gasteiger partial charge in [-0.05, 0) is 49.6 Å². The van der Waals surface area contributed by atoms with Gasteiger partial charge in [0.15, 0.2) is 0 Å². The number of carbonyl (C=O) groups is 1. The van der Waals surface area contributed by atoms with E-state index in [1.807, 2.05) is 55.5 Å². The summed E-state index contributed by atoms with van der Waals surface area (Å²) in [5.74, 6) is 0.000616. The number of benzene rings is 2. The minimum atomic E-state index is 0.000616. The third kappa shape index (κ3) is 4.83. The number of anilines is 2. The molecule has 126 valence electrons. The van der Waals surface area contributed by atoms with Gasteiger partial charge in [0.05, 0.1) is 12.5 Å². The van der Waals surface area contributed by atoms with E-state index >= 15 is 0 Å². The molecule has 0 aromatic heterocycles. The first kappa shape index (κ1) is 16.5. The Kier molecular flexibility index (Phi) is 5.49. The predicted molar refractivity (Wildman–Crippen MR) is 97.4 cm³/mol. The molecule has 0 aliphatic carbocycles. The summed E-state index contributed by atoms with van der Waals surface area (Å²) in [5, 5.41) is 6.32. The second-order valence-electron chi connectivity index (χ2n) is 6.31. The van der Waals surface area contributed by atoms with Crippen LogP contribution >= 0.6 is 0 Å². The van der Waals surface area contributed by atoms with Gasteiger partial charge in [-0.1, -0.05) is 29.8 Å². The van der Waals surface area contributed by atoms with Gasteiger partial charge in [-0.25, -0.2) is 0 Å².